The average molecular weight is 363 g/mol. The van der Waals surface area contributed by atoms with Crippen molar-refractivity contribution in [3.05, 3.63) is 83.8 Å². The third-order valence-electron chi connectivity index (χ3n) is 4.04. The van der Waals surface area contributed by atoms with Gasteiger partial charge in [0.1, 0.15) is 5.76 Å². The molecule has 0 atom stereocenters. The van der Waals surface area contributed by atoms with E-state index >= 15 is 0 Å². The number of anilines is 2. The summed E-state index contributed by atoms with van der Waals surface area (Å²) in [6.07, 6.45) is 2.42. The Balaban J connectivity index is 1.59. The predicted molar refractivity (Wildman–Crippen MR) is 104 cm³/mol. The van der Waals surface area contributed by atoms with Crippen LogP contribution in [0, 0.1) is 0 Å². The van der Waals surface area contributed by atoms with Crippen LogP contribution in [0.2, 0.25) is 0 Å². The summed E-state index contributed by atoms with van der Waals surface area (Å²) in [4.78, 5) is 24.7. The van der Waals surface area contributed by atoms with Crippen molar-refractivity contribution in [3.63, 3.8) is 0 Å². The Bertz CT molecular complexity index is 920. The monoisotopic (exact) mass is 363 g/mol. The van der Waals surface area contributed by atoms with Crippen molar-refractivity contribution in [1.82, 2.24) is 5.32 Å². The zero-order chi connectivity index (χ0) is 19.1. The lowest BCUT2D eigenvalue weighted by Gasteiger charge is -2.11. The van der Waals surface area contributed by atoms with Crippen molar-refractivity contribution in [3.8, 4) is 0 Å². The third-order valence-corrected chi connectivity index (χ3v) is 4.04. The molecule has 0 fully saturated rings. The molecule has 0 spiro atoms. The normalized spacial score (nSPS) is 10.4. The van der Waals surface area contributed by atoms with E-state index in [0.29, 0.717) is 35.5 Å². The van der Waals surface area contributed by atoms with Crippen molar-refractivity contribution in [2.45, 2.75) is 19.4 Å². The Morgan fingerprint density at radius 2 is 1.85 bits per heavy atom. The van der Waals surface area contributed by atoms with Gasteiger partial charge in [0.25, 0.3) is 5.91 Å². The summed E-state index contributed by atoms with van der Waals surface area (Å²) in [6.45, 7) is 0.281. The largest absolute Gasteiger partial charge is 0.467 e. The van der Waals surface area contributed by atoms with E-state index in [1.165, 1.54) is 0 Å². The summed E-state index contributed by atoms with van der Waals surface area (Å²) in [5.41, 5.74) is 8.30. The highest BCUT2D eigenvalue weighted by atomic mass is 16.3. The van der Waals surface area contributed by atoms with Crippen molar-refractivity contribution in [1.29, 1.82) is 0 Å². The molecule has 0 aliphatic carbocycles. The van der Waals surface area contributed by atoms with E-state index in [-0.39, 0.29) is 18.4 Å². The minimum atomic E-state index is -0.280. The van der Waals surface area contributed by atoms with Crippen molar-refractivity contribution in [2.75, 3.05) is 11.1 Å². The number of rotatable bonds is 7. The van der Waals surface area contributed by atoms with Gasteiger partial charge in [-0.15, -0.1) is 0 Å². The molecule has 0 unspecified atom stereocenters. The van der Waals surface area contributed by atoms with Crippen molar-refractivity contribution >= 4 is 23.2 Å². The molecule has 0 radical (unpaired) electrons. The van der Waals surface area contributed by atoms with E-state index < -0.39 is 0 Å². The fourth-order valence-electron chi connectivity index (χ4n) is 2.69. The molecule has 6 nitrogen and oxygen atoms in total. The van der Waals surface area contributed by atoms with Crippen LogP contribution in [0.15, 0.2) is 71.3 Å². The lowest BCUT2D eigenvalue weighted by Crippen LogP contribution is -2.24. The number of benzene rings is 2. The molecule has 1 heterocycles. The second kappa shape index (κ2) is 8.71. The number of carbonyl (C=O) groups excluding carboxylic acids is 2. The minimum absolute atomic E-state index is 0.163. The first kappa shape index (κ1) is 18.3. The molecule has 2 amide bonds. The van der Waals surface area contributed by atoms with Gasteiger partial charge in [-0.2, -0.15) is 0 Å². The molecule has 0 saturated heterocycles. The molecule has 0 aliphatic heterocycles. The average Bonchev–Trinajstić information content (AvgIpc) is 3.19. The van der Waals surface area contributed by atoms with Gasteiger partial charge < -0.3 is 20.8 Å². The Kier molecular flexibility index (Phi) is 5.89. The van der Waals surface area contributed by atoms with E-state index in [9.17, 15) is 9.59 Å². The number of amides is 2. The molecular weight excluding hydrogens is 342 g/mol. The summed E-state index contributed by atoms with van der Waals surface area (Å²) < 4.78 is 5.20. The van der Waals surface area contributed by atoms with E-state index in [1.807, 2.05) is 18.2 Å². The van der Waals surface area contributed by atoms with Crippen LogP contribution in [0.1, 0.15) is 28.1 Å². The number of nitrogens with one attached hydrogen (secondary N) is 2. The van der Waals surface area contributed by atoms with Gasteiger partial charge in [-0.25, -0.2) is 0 Å². The van der Waals surface area contributed by atoms with E-state index in [2.05, 4.69) is 10.6 Å². The van der Waals surface area contributed by atoms with Gasteiger partial charge in [-0.05, 0) is 48.4 Å². The third kappa shape index (κ3) is 5.22. The molecule has 0 aliphatic rings. The summed E-state index contributed by atoms with van der Waals surface area (Å²) in [7, 11) is 0. The zero-order valence-corrected chi connectivity index (χ0v) is 14.8. The van der Waals surface area contributed by atoms with Gasteiger partial charge in [0.15, 0.2) is 0 Å². The van der Waals surface area contributed by atoms with E-state index in [0.717, 1.165) is 5.56 Å². The zero-order valence-electron chi connectivity index (χ0n) is 14.8. The number of carbonyl (C=O) groups is 2. The van der Waals surface area contributed by atoms with Gasteiger partial charge in [0.05, 0.1) is 24.1 Å². The van der Waals surface area contributed by atoms with Gasteiger partial charge in [-0.3, -0.25) is 9.59 Å². The Labute approximate surface area is 157 Å². The topological polar surface area (TPSA) is 97.4 Å². The Morgan fingerprint density at radius 1 is 1.00 bits per heavy atom. The molecule has 2 aromatic carbocycles. The fourth-order valence-corrected chi connectivity index (χ4v) is 2.69. The van der Waals surface area contributed by atoms with Crippen LogP contribution >= 0.6 is 0 Å². The van der Waals surface area contributed by atoms with Gasteiger partial charge >= 0.3 is 0 Å². The van der Waals surface area contributed by atoms with Crippen LogP contribution in [0.3, 0.4) is 0 Å². The number of para-hydroxylation sites is 1. The second-order valence-corrected chi connectivity index (χ2v) is 6.10. The Morgan fingerprint density at radius 3 is 2.63 bits per heavy atom. The van der Waals surface area contributed by atoms with Crippen LogP contribution in [-0.4, -0.2) is 11.8 Å². The Hall–Kier alpha value is -3.54. The number of aryl methyl sites for hydroxylation is 1. The van der Waals surface area contributed by atoms with Crippen LogP contribution in [-0.2, 0) is 17.8 Å². The van der Waals surface area contributed by atoms with Gasteiger partial charge in [0.2, 0.25) is 5.91 Å². The summed E-state index contributed by atoms with van der Waals surface area (Å²) in [5.74, 6) is 0.217. The standard InChI is InChI=1S/C21H21N3O3/c22-16-6-3-5-15(13-16)10-11-20(25)24-19-9-2-1-8-18(19)21(26)23-14-17-7-4-12-27-17/h1-9,12-13H,10-11,14,22H2,(H,23,26)(H,24,25). The maximum Gasteiger partial charge on any atom is 0.253 e. The number of nitrogen functional groups attached to an aromatic ring is 1. The van der Waals surface area contributed by atoms with E-state index in [4.69, 9.17) is 10.2 Å². The van der Waals surface area contributed by atoms with Gasteiger partial charge in [0, 0.05) is 12.1 Å². The first-order valence-corrected chi connectivity index (χ1v) is 8.66. The first-order chi connectivity index (χ1) is 13.1. The maximum absolute atomic E-state index is 12.4. The number of hydrogen-bond donors (Lipinski definition) is 3. The lowest BCUT2D eigenvalue weighted by atomic mass is 10.1. The highest BCUT2D eigenvalue weighted by Gasteiger charge is 2.13. The summed E-state index contributed by atoms with van der Waals surface area (Å²) in [6, 6.07) is 17.9. The molecule has 0 saturated carbocycles. The molecule has 3 aromatic rings. The number of hydrogen-bond acceptors (Lipinski definition) is 4. The smallest absolute Gasteiger partial charge is 0.253 e. The van der Waals surface area contributed by atoms with Crippen LogP contribution in [0.25, 0.3) is 0 Å². The second-order valence-electron chi connectivity index (χ2n) is 6.10. The lowest BCUT2D eigenvalue weighted by molar-refractivity contribution is -0.116. The molecule has 6 heteroatoms. The summed E-state index contributed by atoms with van der Waals surface area (Å²) in [5, 5.41) is 5.60. The SMILES string of the molecule is Nc1cccc(CCC(=O)Nc2ccccc2C(=O)NCc2ccco2)c1. The number of furan rings is 1. The predicted octanol–water partition coefficient (Wildman–Crippen LogP) is 3.36. The van der Waals surface area contributed by atoms with Crippen LogP contribution in [0.5, 0.6) is 0 Å². The van der Waals surface area contributed by atoms with Crippen LogP contribution in [0.4, 0.5) is 11.4 Å². The minimum Gasteiger partial charge on any atom is -0.467 e. The van der Waals surface area contributed by atoms with Gasteiger partial charge in [-0.1, -0.05) is 24.3 Å². The molecule has 3 rings (SSSR count). The fraction of sp³-hybridized carbons (Fsp3) is 0.143. The molecule has 1 aromatic heterocycles. The molecular formula is C21H21N3O3. The van der Waals surface area contributed by atoms with Crippen LogP contribution < -0.4 is 16.4 Å². The highest BCUT2D eigenvalue weighted by molar-refractivity contribution is 6.03. The molecule has 27 heavy (non-hydrogen) atoms. The van der Waals surface area contributed by atoms with Crippen molar-refractivity contribution in [2.24, 2.45) is 0 Å². The summed E-state index contributed by atoms with van der Waals surface area (Å²) >= 11 is 0. The molecule has 0 bridgehead atoms. The number of nitrogens with two attached hydrogens (primary N) is 1. The molecule has 138 valence electrons. The quantitative estimate of drug-likeness (QED) is 0.561. The van der Waals surface area contributed by atoms with Crippen molar-refractivity contribution < 1.29 is 14.0 Å². The first-order valence-electron chi connectivity index (χ1n) is 8.66. The highest BCUT2D eigenvalue weighted by Crippen LogP contribution is 2.16. The van der Waals surface area contributed by atoms with E-state index in [1.54, 1.807) is 48.7 Å². The molecule has 4 N–H and O–H groups in total. The maximum atomic E-state index is 12.4.